The number of aromatic hydroxyl groups is 1. The number of aryl methyl sites for hydroxylation is 1. The van der Waals surface area contributed by atoms with Crippen LogP contribution in [0.5, 0.6) is 5.75 Å². The summed E-state index contributed by atoms with van der Waals surface area (Å²) in [5, 5.41) is 20.4. The molecule has 0 fully saturated rings. The van der Waals surface area contributed by atoms with Gasteiger partial charge in [0.25, 0.3) is 0 Å². The maximum Gasteiger partial charge on any atom is 0.221 e. The number of phenols is 1. The Bertz CT molecular complexity index is 649. The van der Waals surface area contributed by atoms with Crippen LogP contribution in [0.15, 0.2) is 52.7 Å². The van der Waals surface area contributed by atoms with Gasteiger partial charge in [0.15, 0.2) is 0 Å². The van der Waals surface area contributed by atoms with E-state index in [0.717, 1.165) is 5.56 Å². The van der Waals surface area contributed by atoms with Crippen molar-refractivity contribution in [2.75, 3.05) is 5.32 Å². The highest BCUT2D eigenvalue weighted by molar-refractivity contribution is 5.88. The molecule has 0 aliphatic heterocycles. The summed E-state index contributed by atoms with van der Waals surface area (Å²) in [4.78, 5) is 10.9. The Hall–Kier alpha value is -2.69. The molecule has 5 nitrogen and oxygen atoms in total. The van der Waals surface area contributed by atoms with E-state index in [1.165, 1.54) is 6.92 Å². The van der Waals surface area contributed by atoms with Gasteiger partial charge in [-0.25, -0.2) is 0 Å². The standard InChI is InChI=1S/C15H15N3O2/c1-10-3-8-14(15(20)9-10)18-17-13-6-4-12(5-7-13)16-11(2)19/h3-9,20H,1-2H3,(H,16,19). The fourth-order valence-electron chi connectivity index (χ4n) is 1.64. The molecule has 0 aromatic heterocycles. The van der Waals surface area contributed by atoms with Crippen molar-refractivity contribution < 1.29 is 9.90 Å². The van der Waals surface area contributed by atoms with Gasteiger partial charge in [0.2, 0.25) is 5.91 Å². The molecule has 5 heteroatoms. The van der Waals surface area contributed by atoms with Crippen LogP contribution in [-0.2, 0) is 4.79 Å². The average Bonchev–Trinajstić information content (AvgIpc) is 2.39. The minimum Gasteiger partial charge on any atom is -0.506 e. The minimum absolute atomic E-state index is 0.101. The third-order valence-corrected chi connectivity index (χ3v) is 2.59. The minimum atomic E-state index is -0.121. The molecule has 0 heterocycles. The van der Waals surface area contributed by atoms with Crippen molar-refractivity contribution in [3.8, 4) is 5.75 Å². The molecule has 0 radical (unpaired) electrons. The van der Waals surface area contributed by atoms with Gasteiger partial charge in [0.1, 0.15) is 11.4 Å². The molecule has 0 unspecified atom stereocenters. The molecule has 20 heavy (non-hydrogen) atoms. The van der Waals surface area contributed by atoms with Crippen LogP contribution >= 0.6 is 0 Å². The molecular formula is C15H15N3O2. The molecule has 1 amide bonds. The highest BCUT2D eigenvalue weighted by atomic mass is 16.3. The Labute approximate surface area is 117 Å². The number of carbonyl (C=O) groups is 1. The zero-order valence-corrected chi connectivity index (χ0v) is 11.3. The first-order chi connectivity index (χ1) is 9.54. The van der Waals surface area contributed by atoms with E-state index >= 15 is 0 Å². The summed E-state index contributed by atoms with van der Waals surface area (Å²) >= 11 is 0. The van der Waals surface area contributed by atoms with E-state index in [2.05, 4.69) is 15.5 Å². The van der Waals surface area contributed by atoms with E-state index in [0.29, 0.717) is 17.1 Å². The second-order valence-electron chi connectivity index (χ2n) is 4.42. The monoisotopic (exact) mass is 269 g/mol. The second kappa shape index (κ2) is 5.97. The van der Waals surface area contributed by atoms with Crippen molar-refractivity contribution in [3.63, 3.8) is 0 Å². The van der Waals surface area contributed by atoms with Crippen molar-refractivity contribution in [1.29, 1.82) is 0 Å². The molecule has 0 saturated carbocycles. The van der Waals surface area contributed by atoms with Crippen molar-refractivity contribution >= 4 is 23.0 Å². The fourth-order valence-corrected chi connectivity index (χ4v) is 1.64. The van der Waals surface area contributed by atoms with Crippen molar-refractivity contribution in [3.05, 3.63) is 48.0 Å². The molecule has 0 saturated heterocycles. The summed E-state index contributed by atoms with van der Waals surface area (Å²) in [6.45, 7) is 3.34. The molecule has 0 aliphatic rings. The maximum absolute atomic E-state index is 10.9. The summed E-state index contributed by atoms with van der Waals surface area (Å²) in [6.07, 6.45) is 0. The predicted octanol–water partition coefficient (Wildman–Crippen LogP) is 4.07. The average molecular weight is 269 g/mol. The van der Waals surface area contributed by atoms with E-state index in [9.17, 15) is 9.90 Å². The lowest BCUT2D eigenvalue weighted by molar-refractivity contribution is -0.114. The number of nitrogens with zero attached hydrogens (tertiary/aromatic N) is 2. The summed E-state index contributed by atoms with van der Waals surface area (Å²) < 4.78 is 0. The van der Waals surface area contributed by atoms with Crippen LogP contribution in [-0.4, -0.2) is 11.0 Å². The third kappa shape index (κ3) is 3.65. The van der Waals surface area contributed by atoms with Gasteiger partial charge in [-0.15, -0.1) is 5.11 Å². The van der Waals surface area contributed by atoms with Crippen molar-refractivity contribution in [2.24, 2.45) is 10.2 Å². The molecule has 2 aromatic carbocycles. The summed E-state index contributed by atoms with van der Waals surface area (Å²) in [7, 11) is 0. The zero-order valence-electron chi connectivity index (χ0n) is 11.3. The summed E-state index contributed by atoms with van der Waals surface area (Å²) in [5.74, 6) is -0.0208. The first-order valence-electron chi connectivity index (χ1n) is 6.13. The Kier molecular flexibility index (Phi) is 4.10. The van der Waals surface area contributed by atoms with Gasteiger partial charge in [-0.2, -0.15) is 5.11 Å². The van der Waals surface area contributed by atoms with Gasteiger partial charge in [-0.3, -0.25) is 4.79 Å². The number of benzene rings is 2. The first kappa shape index (κ1) is 13.7. The first-order valence-corrected chi connectivity index (χ1v) is 6.13. The van der Waals surface area contributed by atoms with Gasteiger partial charge < -0.3 is 10.4 Å². The Balaban J connectivity index is 2.13. The number of amides is 1. The number of carbonyl (C=O) groups excluding carboxylic acids is 1. The Morgan fingerprint density at radius 3 is 2.40 bits per heavy atom. The third-order valence-electron chi connectivity index (χ3n) is 2.59. The largest absolute Gasteiger partial charge is 0.506 e. The summed E-state index contributed by atoms with van der Waals surface area (Å²) in [6, 6.07) is 12.2. The summed E-state index contributed by atoms with van der Waals surface area (Å²) in [5.41, 5.74) is 2.72. The molecular weight excluding hydrogens is 254 g/mol. The number of phenolic OH excluding ortho intramolecular Hbond substituents is 1. The Morgan fingerprint density at radius 2 is 1.80 bits per heavy atom. The Morgan fingerprint density at radius 1 is 1.10 bits per heavy atom. The number of hydrogen-bond donors (Lipinski definition) is 2. The van der Waals surface area contributed by atoms with Crippen LogP contribution in [0.25, 0.3) is 0 Å². The molecule has 102 valence electrons. The van der Waals surface area contributed by atoms with Gasteiger partial charge in [-0.05, 0) is 48.9 Å². The predicted molar refractivity (Wildman–Crippen MR) is 77.8 cm³/mol. The van der Waals surface area contributed by atoms with Crippen molar-refractivity contribution in [1.82, 2.24) is 0 Å². The van der Waals surface area contributed by atoms with Crippen LogP contribution in [0.3, 0.4) is 0 Å². The molecule has 2 aromatic rings. The highest BCUT2D eigenvalue weighted by Crippen LogP contribution is 2.28. The lowest BCUT2D eigenvalue weighted by Crippen LogP contribution is -2.04. The second-order valence-corrected chi connectivity index (χ2v) is 4.42. The van der Waals surface area contributed by atoms with E-state index in [1.54, 1.807) is 36.4 Å². The van der Waals surface area contributed by atoms with E-state index in [1.807, 2.05) is 13.0 Å². The lowest BCUT2D eigenvalue weighted by atomic mass is 10.2. The normalized spacial score (nSPS) is 10.7. The van der Waals surface area contributed by atoms with Crippen molar-refractivity contribution in [2.45, 2.75) is 13.8 Å². The topological polar surface area (TPSA) is 74.0 Å². The van der Waals surface area contributed by atoms with Crippen LogP contribution in [0.4, 0.5) is 17.1 Å². The van der Waals surface area contributed by atoms with Gasteiger partial charge in [0.05, 0.1) is 5.69 Å². The van der Waals surface area contributed by atoms with E-state index in [4.69, 9.17) is 0 Å². The number of nitrogens with one attached hydrogen (secondary N) is 1. The molecule has 0 bridgehead atoms. The van der Waals surface area contributed by atoms with Crippen LogP contribution < -0.4 is 5.32 Å². The van der Waals surface area contributed by atoms with Gasteiger partial charge in [-0.1, -0.05) is 6.07 Å². The van der Waals surface area contributed by atoms with Crippen LogP contribution in [0.1, 0.15) is 12.5 Å². The molecule has 2 N–H and O–H groups in total. The van der Waals surface area contributed by atoms with Crippen LogP contribution in [0.2, 0.25) is 0 Å². The quantitative estimate of drug-likeness (QED) is 0.824. The van der Waals surface area contributed by atoms with Gasteiger partial charge in [0, 0.05) is 12.6 Å². The van der Waals surface area contributed by atoms with E-state index in [-0.39, 0.29) is 11.7 Å². The number of anilines is 1. The SMILES string of the molecule is CC(=O)Nc1ccc(N=Nc2ccc(C)cc2O)cc1. The zero-order chi connectivity index (χ0) is 14.5. The number of hydrogen-bond acceptors (Lipinski definition) is 4. The van der Waals surface area contributed by atoms with E-state index < -0.39 is 0 Å². The number of rotatable bonds is 3. The molecule has 2 rings (SSSR count). The number of azo groups is 1. The smallest absolute Gasteiger partial charge is 0.221 e. The molecule has 0 spiro atoms. The molecule has 0 atom stereocenters. The van der Waals surface area contributed by atoms with Crippen LogP contribution in [0, 0.1) is 6.92 Å². The molecule has 0 aliphatic carbocycles. The maximum atomic E-state index is 10.9. The highest BCUT2D eigenvalue weighted by Gasteiger charge is 2.00. The van der Waals surface area contributed by atoms with Gasteiger partial charge >= 0.3 is 0 Å². The fraction of sp³-hybridized carbons (Fsp3) is 0.133. The lowest BCUT2D eigenvalue weighted by Gasteiger charge is -2.01.